The molecule has 0 saturated heterocycles. The lowest BCUT2D eigenvalue weighted by atomic mass is 9.89. The predicted octanol–water partition coefficient (Wildman–Crippen LogP) is 3.85. The van der Waals surface area contributed by atoms with Crippen LogP contribution in [0.4, 0.5) is 0 Å². The van der Waals surface area contributed by atoms with Crippen LogP contribution >= 0.6 is 11.3 Å². The summed E-state index contributed by atoms with van der Waals surface area (Å²) in [4.78, 5) is 22.7. The second kappa shape index (κ2) is 8.55. The number of aromatic amines is 1. The first kappa shape index (κ1) is 19.9. The second-order valence-corrected chi connectivity index (χ2v) is 8.74. The quantitative estimate of drug-likeness (QED) is 0.576. The number of rotatable bonds is 7. The summed E-state index contributed by atoms with van der Waals surface area (Å²) in [6, 6.07) is 7.50. The highest BCUT2D eigenvalue weighted by Gasteiger charge is 2.23. The van der Waals surface area contributed by atoms with E-state index in [4.69, 9.17) is 14.5 Å². The largest absolute Gasteiger partial charge is 0.493 e. The van der Waals surface area contributed by atoms with Crippen molar-refractivity contribution in [2.45, 2.75) is 39.2 Å². The molecule has 1 aliphatic carbocycles. The molecule has 1 aliphatic rings. The Labute approximate surface area is 174 Å². The van der Waals surface area contributed by atoms with E-state index in [2.05, 4.69) is 17.2 Å². The zero-order valence-electron chi connectivity index (χ0n) is 17.1. The van der Waals surface area contributed by atoms with Gasteiger partial charge in [-0.2, -0.15) is 0 Å². The van der Waals surface area contributed by atoms with Gasteiger partial charge in [-0.1, -0.05) is 19.1 Å². The standard InChI is InChI=1S/C22H27N3O3S/c1-13-8-9-15-18(12-13)29-22-19(15)21(26)24-20(25-22)14(2)23-10-11-28-17-7-5-4-6-16(17)27-3/h4-7,13-14,23H,8-12H2,1-3H3,(H,24,25,26)/t13-,14-/m1/s1. The van der Waals surface area contributed by atoms with Gasteiger partial charge in [-0.3, -0.25) is 4.79 Å². The molecule has 2 aromatic heterocycles. The Morgan fingerprint density at radius 1 is 1.34 bits per heavy atom. The van der Waals surface area contributed by atoms with Gasteiger partial charge in [0.15, 0.2) is 11.5 Å². The van der Waals surface area contributed by atoms with Gasteiger partial charge in [0.05, 0.1) is 18.5 Å². The summed E-state index contributed by atoms with van der Waals surface area (Å²) in [7, 11) is 1.63. The van der Waals surface area contributed by atoms with Crippen LogP contribution in [0.5, 0.6) is 11.5 Å². The van der Waals surface area contributed by atoms with Gasteiger partial charge in [0.2, 0.25) is 0 Å². The molecule has 0 saturated carbocycles. The van der Waals surface area contributed by atoms with Crippen LogP contribution in [0.3, 0.4) is 0 Å². The topological polar surface area (TPSA) is 76.2 Å². The van der Waals surface area contributed by atoms with E-state index in [9.17, 15) is 4.79 Å². The Bertz CT molecular complexity index is 1060. The summed E-state index contributed by atoms with van der Waals surface area (Å²) in [6.07, 6.45) is 3.18. The van der Waals surface area contributed by atoms with Gasteiger partial charge in [0, 0.05) is 11.4 Å². The molecule has 4 rings (SSSR count). The number of thiophene rings is 1. The molecule has 0 unspecified atom stereocenters. The minimum atomic E-state index is -0.0774. The van der Waals surface area contributed by atoms with Crippen molar-refractivity contribution >= 4 is 21.6 Å². The summed E-state index contributed by atoms with van der Waals surface area (Å²) in [5, 5.41) is 4.17. The van der Waals surface area contributed by atoms with E-state index in [0.29, 0.717) is 30.6 Å². The first-order valence-corrected chi connectivity index (χ1v) is 10.9. The Morgan fingerprint density at radius 3 is 2.93 bits per heavy atom. The average molecular weight is 414 g/mol. The lowest BCUT2D eigenvalue weighted by molar-refractivity contribution is 0.287. The highest BCUT2D eigenvalue weighted by Crippen LogP contribution is 2.35. The number of hydrogen-bond donors (Lipinski definition) is 2. The Morgan fingerprint density at radius 2 is 2.14 bits per heavy atom. The number of hydrogen-bond acceptors (Lipinski definition) is 6. The summed E-state index contributed by atoms with van der Waals surface area (Å²) < 4.78 is 11.1. The number of nitrogens with one attached hydrogen (secondary N) is 2. The maximum absolute atomic E-state index is 12.7. The van der Waals surface area contributed by atoms with Crippen LogP contribution in [0.2, 0.25) is 0 Å². The van der Waals surface area contributed by atoms with Crippen LogP contribution in [0.25, 0.3) is 10.2 Å². The van der Waals surface area contributed by atoms with E-state index in [1.165, 1.54) is 10.4 Å². The molecule has 1 aromatic carbocycles. The van der Waals surface area contributed by atoms with E-state index < -0.39 is 0 Å². The molecule has 2 N–H and O–H groups in total. The zero-order valence-corrected chi connectivity index (χ0v) is 17.9. The molecule has 2 heterocycles. The highest BCUT2D eigenvalue weighted by molar-refractivity contribution is 7.18. The fourth-order valence-corrected chi connectivity index (χ4v) is 5.23. The van der Waals surface area contributed by atoms with E-state index in [0.717, 1.165) is 35.2 Å². The van der Waals surface area contributed by atoms with Crippen molar-refractivity contribution < 1.29 is 9.47 Å². The SMILES string of the molecule is COc1ccccc1OCCN[C@H](C)c1nc2sc3c(c2c(=O)[nH]1)CC[C@@H](C)C3. The van der Waals surface area contributed by atoms with Crippen molar-refractivity contribution in [1.29, 1.82) is 0 Å². The molecule has 3 aromatic rings. The number of para-hydroxylation sites is 2. The number of methoxy groups -OCH3 is 1. The lowest BCUT2D eigenvalue weighted by Gasteiger charge is -2.17. The number of aryl methyl sites for hydroxylation is 1. The van der Waals surface area contributed by atoms with Crippen LogP contribution in [0.15, 0.2) is 29.1 Å². The molecule has 0 spiro atoms. The Balaban J connectivity index is 1.42. The summed E-state index contributed by atoms with van der Waals surface area (Å²) in [5.74, 6) is 2.79. The van der Waals surface area contributed by atoms with E-state index in [-0.39, 0.29) is 11.6 Å². The molecule has 0 radical (unpaired) electrons. The molecule has 6 nitrogen and oxygen atoms in total. The average Bonchev–Trinajstić information content (AvgIpc) is 3.09. The van der Waals surface area contributed by atoms with Gasteiger partial charge in [-0.05, 0) is 49.8 Å². The molecular weight excluding hydrogens is 386 g/mol. The van der Waals surface area contributed by atoms with E-state index in [1.807, 2.05) is 31.2 Å². The first-order valence-electron chi connectivity index (χ1n) is 10.1. The fourth-order valence-electron chi connectivity index (χ4n) is 3.84. The monoisotopic (exact) mass is 413 g/mol. The molecule has 2 atom stereocenters. The van der Waals surface area contributed by atoms with Crippen molar-refractivity contribution in [3.63, 3.8) is 0 Å². The molecule has 0 aliphatic heterocycles. The van der Waals surface area contributed by atoms with Crippen molar-refractivity contribution in [2.24, 2.45) is 5.92 Å². The third-order valence-electron chi connectivity index (χ3n) is 5.47. The summed E-state index contributed by atoms with van der Waals surface area (Å²) >= 11 is 1.68. The third kappa shape index (κ3) is 4.16. The third-order valence-corrected chi connectivity index (χ3v) is 6.62. The van der Waals surface area contributed by atoms with Crippen molar-refractivity contribution in [3.05, 3.63) is 50.9 Å². The van der Waals surface area contributed by atoms with Crippen molar-refractivity contribution in [1.82, 2.24) is 15.3 Å². The van der Waals surface area contributed by atoms with Crippen molar-refractivity contribution in [2.75, 3.05) is 20.3 Å². The molecule has 0 fully saturated rings. The smallest absolute Gasteiger partial charge is 0.259 e. The fraction of sp³-hybridized carbons (Fsp3) is 0.455. The Kier molecular flexibility index (Phi) is 5.87. The summed E-state index contributed by atoms with van der Waals surface area (Å²) in [6.45, 7) is 5.39. The van der Waals surface area contributed by atoms with Crippen LogP contribution in [-0.2, 0) is 12.8 Å². The van der Waals surface area contributed by atoms with Crippen LogP contribution < -0.4 is 20.3 Å². The molecule has 7 heteroatoms. The number of aromatic nitrogens is 2. The molecule has 29 heavy (non-hydrogen) atoms. The van der Waals surface area contributed by atoms with Crippen LogP contribution in [0.1, 0.15) is 42.6 Å². The van der Waals surface area contributed by atoms with Gasteiger partial charge in [-0.25, -0.2) is 4.98 Å². The molecular formula is C22H27N3O3S. The van der Waals surface area contributed by atoms with E-state index >= 15 is 0 Å². The van der Waals surface area contributed by atoms with Crippen molar-refractivity contribution in [3.8, 4) is 11.5 Å². The van der Waals surface area contributed by atoms with E-state index in [1.54, 1.807) is 18.4 Å². The molecule has 0 amide bonds. The maximum atomic E-state index is 12.7. The lowest BCUT2D eigenvalue weighted by Crippen LogP contribution is -2.27. The molecule has 0 bridgehead atoms. The predicted molar refractivity (Wildman–Crippen MR) is 116 cm³/mol. The summed E-state index contributed by atoms with van der Waals surface area (Å²) in [5.41, 5.74) is 1.20. The van der Waals surface area contributed by atoms with Gasteiger partial charge in [0.25, 0.3) is 5.56 Å². The van der Waals surface area contributed by atoms with Gasteiger partial charge < -0.3 is 19.8 Å². The second-order valence-electron chi connectivity index (χ2n) is 7.66. The van der Waals surface area contributed by atoms with Gasteiger partial charge in [0.1, 0.15) is 17.3 Å². The van der Waals surface area contributed by atoms with Crippen LogP contribution in [-0.4, -0.2) is 30.2 Å². The maximum Gasteiger partial charge on any atom is 0.259 e. The first-order chi connectivity index (χ1) is 14.1. The normalized spacial score (nSPS) is 17.1. The number of ether oxygens (including phenoxy) is 2. The number of benzene rings is 1. The number of fused-ring (bicyclic) bond motifs is 3. The minimum Gasteiger partial charge on any atom is -0.493 e. The molecule has 154 valence electrons. The van der Waals surface area contributed by atoms with Gasteiger partial charge in [-0.15, -0.1) is 11.3 Å². The minimum absolute atomic E-state index is 0.0176. The van der Waals surface area contributed by atoms with Crippen LogP contribution in [0, 0.1) is 5.92 Å². The van der Waals surface area contributed by atoms with Gasteiger partial charge >= 0.3 is 0 Å². The Hall–Kier alpha value is -2.38. The zero-order chi connectivity index (χ0) is 20.4. The number of H-pyrrole nitrogens is 1. The highest BCUT2D eigenvalue weighted by atomic mass is 32.1. The number of nitrogens with zero attached hydrogens (tertiary/aromatic N) is 1.